The molecule has 0 saturated carbocycles. The van der Waals surface area contributed by atoms with Crippen LogP contribution in [0.2, 0.25) is 0 Å². The summed E-state index contributed by atoms with van der Waals surface area (Å²) < 4.78 is 2.08. The number of hydrogen-bond donors (Lipinski definition) is 0. The van der Waals surface area contributed by atoms with E-state index >= 15 is 0 Å². The highest BCUT2D eigenvalue weighted by atomic mass is 15.2. The van der Waals surface area contributed by atoms with Crippen molar-refractivity contribution in [2.75, 3.05) is 14.1 Å². The van der Waals surface area contributed by atoms with Crippen LogP contribution in [0.3, 0.4) is 0 Å². The third-order valence-corrected chi connectivity index (χ3v) is 4.79. The molecule has 0 amide bonds. The number of aromatic nitrogens is 1. The molecular formula is C26H22N4. The summed E-state index contributed by atoms with van der Waals surface area (Å²) in [5.74, 6) is 0.620. The topological polar surface area (TPSA) is 44.3 Å². The van der Waals surface area contributed by atoms with Crippen LogP contribution in [-0.4, -0.2) is 29.9 Å². The van der Waals surface area contributed by atoms with Crippen molar-refractivity contribution >= 4 is 12.2 Å². The molecule has 0 aliphatic rings. The predicted molar refractivity (Wildman–Crippen MR) is 123 cm³/mol. The van der Waals surface area contributed by atoms with Gasteiger partial charge in [0, 0.05) is 25.3 Å². The molecule has 4 rings (SSSR count). The van der Waals surface area contributed by atoms with Gasteiger partial charge in [0.1, 0.15) is 11.6 Å². The Morgan fingerprint density at radius 2 is 1.33 bits per heavy atom. The third kappa shape index (κ3) is 3.61. The van der Waals surface area contributed by atoms with Crippen LogP contribution in [0.25, 0.3) is 28.1 Å². The first-order valence-electron chi connectivity index (χ1n) is 9.76. The van der Waals surface area contributed by atoms with Crippen molar-refractivity contribution in [1.29, 1.82) is 5.26 Å². The van der Waals surface area contributed by atoms with Gasteiger partial charge in [-0.2, -0.15) is 5.26 Å². The molecule has 0 spiro atoms. The van der Waals surface area contributed by atoms with E-state index in [-0.39, 0.29) is 0 Å². The summed E-state index contributed by atoms with van der Waals surface area (Å²) in [6.07, 6.45) is 1.74. The van der Waals surface area contributed by atoms with Crippen molar-refractivity contribution in [3.05, 3.63) is 96.6 Å². The second kappa shape index (κ2) is 8.50. The Bertz CT molecular complexity index is 1200. The number of para-hydroxylation sites is 1. The van der Waals surface area contributed by atoms with Gasteiger partial charge in [0.15, 0.2) is 5.82 Å². The smallest absolute Gasteiger partial charge is 0.158 e. The van der Waals surface area contributed by atoms with Gasteiger partial charge >= 0.3 is 0 Å². The molecule has 0 aliphatic carbocycles. The number of rotatable bonds is 5. The maximum Gasteiger partial charge on any atom is 0.158 e. The highest BCUT2D eigenvalue weighted by Gasteiger charge is 2.25. The molecule has 3 aromatic carbocycles. The Morgan fingerprint density at radius 3 is 1.87 bits per heavy atom. The molecule has 0 saturated heterocycles. The van der Waals surface area contributed by atoms with Crippen LogP contribution in [0.4, 0.5) is 5.82 Å². The highest BCUT2D eigenvalue weighted by molar-refractivity contribution is 5.92. The first-order chi connectivity index (χ1) is 14.7. The quantitative estimate of drug-likeness (QED) is 0.314. The number of aliphatic imine (C=N–C) groups is 1. The minimum Gasteiger partial charge on any atom is -0.369 e. The van der Waals surface area contributed by atoms with Crippen molar-refractivity contribution in [2.45, 2.75) is 0 Å². The van der Waals surface area contributed by atoms with Gasteiger partial charge < -0.3 is 4.90 Å². The largest absolute Gasteiger partial charge is 0.369 e. The summed E-state index contributed by atoms with van der Waals surface area (Å²) in [7, 11) is 3.84. The van der Waals surface area contributed by atoms with Crippen LogP contribution >= 0.6 is 0 Å². The van der Waals surface area contributed by atoms with Crippen molar-refractivity contribution in [3.8, 4) is 34.1 Å². The second-order valence-corrected chi connectivity index (χ2v) is 7.15. The monoisotopic (exact) mass is 390 g/mol. The lowest BCUT2D eigenvalue weighted by molar-refractivity contribution is 0.642. The third-order valence-electron chi connectivity index (χ3n) is 4.79. The molecule has 4 aromatic rings. The fraction of sp³-hybridized carbons (Fsp3) is 0.0769. The highest BCUT2D eigenvalue weighted by Crippen LogP contribution is 2.44. The zero-order valence-corrected chi connectivity index (χ0v) is 17.0. The first kappa shape index (κ1) is 19.2. The molecule has 1 aromatic heterocycles. The summed E-state index contributed by atoms with van der Waals surface area (Å²) in [6.45, 7) is 0. The van der Waals surface area contributed by atoms with E-state index in [4.69, 9.17) is 4.99 Å². The van der Waals surface area contributed by atoms with E-state index in [2.05, 4.69) is 22.8 Å². The van der Waals surface area contributed by atoms with E-state index in [0.29, 0.717) is 11.4 Å². The van der Waals surface area contributed by atoms with Gasteiger partial charge in [-0.25, -0.2) is 4.99 Å². The Balaban J connectivity index is 2.16. The van der Waals surface area contributed by atoms with Crippen LogP contribution in [0.15, 0.2) is 96.0 Å². The predicted octanol–water partition coefficient (Wildman–Crippen LogP) is 5.90. The molecule has 0 radical (unpaired) electrons. The van der Waals surface area contributed by atoms with Crippen LogP contribution in [-0.2, 0) is 0 Å². The number of benzene rings is 3. The number of nitrogens with zero attached hydrogens (tertiary/aromatic N) is 4. The minimum absolute atomic E-state index is 0.557. The molecule has 4 heteroatoms. The van der Waals surface area contributed by atoms with Crippen molar-refractivity contribution in [1.82, 2.24) is 9.47 Å². The Hall–Kier alpha value is -4.10. The van der Waals surface area contributed by atoms with Gasteiger partial charge in [0.2, 0.25) is 0 Å². The zero-order chi connectivity index (χ0) is 20.9. The molecule has 0 bridgehead atoms. The number of nitriles is 1. The van der Waals surface area contributed by atoms with Crippen LogP contribution in [0.5, 0.6) is 0 Å². The van der Waals surface area contributed by atoms with Crippen LogP contribution < -0.4 is 0 Å². The fourth-order valence-electron chi connectivity index (χ4n) is 3.54. The van der Waals surface area contributed by atoms with Crippen LogP contribution in [0.1, 0.15) is 5.56 Å². The standard InChI is InChI=1S/C26H22N4/c1-29(2)19-28-26-23(18-27)24(20-12-6-3-7-13-20)25(21-14-8-4-9-15-21)30(26)22-16-10-5-11-17-22/h3-17,19H,1-2H3/b28-19+. The minimum atomic E-state index is 0.557. The summed E-state index contributed by atoms with van der Waals surface area (Å²) in [6, 6.07) is 32.7. The zero-order valence-electron chi connectivity index (χ0n) is 17.0. The first-order valence-corrected chi connectivity index (χ1v) is 9.76. The molecule has 0 unspecified atom stereocenters. The SMILES string of the molecule is CN(C)/C=N/c1c(C#N)c(-c2ccccc2)c(-c2ccccc2)n1-c1ccccc1. The molecule has 146 valence electrons. The Morgan fingerprint density at radius 1 is 0.800 bits per heavy atom. The summed E-state index contributed by atoms with van der Waals surface area (Å²) >= 11 is 0. The van der Waals surface area contributed by atoms with Gasteiger partial charge in [-0.1, -0.05) is 78.9 Å². The molecule has 4 nitrogen and oxygen atoms in total. The van der Waals surface area contributed by atoms with E-state index in [9.17, 15) is 5.26 Å². The van der Waals surface area contributed by atoms with E-state index < -0.39 is 0 Å². The second-order valence-electron chi connectivity index (χ2n) is 7.15. The summed E-state index contributed by atoms with van der Waals surface area (Å²) in [5, 5.41) is 10.2. The molecule has 0 fully saturated rings. The van der Waals surface area contributed by atoms with E-state index in [1.807, 2.05) is 97.9 Å². The van der Waals surface area contributed by atoms with Crippen LogP contribution in [0, 0.1) is 11.3 Å². The molecule has 1 heterocycles. The molecule has 0 N–H and O–H groups in total. The lowest BCUT2D eigenvalue weighted by atomic mass is 9.98. The van der Waals surface area contributed by atoms with Gasteiger partial charge in [0.05, 0.1) is 12.0 Å². The number of hydrogen-bond acceptors (Lipinski definition) is 2. The average Bonchev–Trinajstić information content (AvgIpc) is 3.13. The van der Waals surface area contributed by atoms with Crippen molar-refractivity contribution in [3.63, 3.8) is 0 Å². The molecular weight excluding hydrogens is 368 g/mol. The summed E-state index contributed by atoms with van der Waals surface area (Å²) in [4.78, 5) is 6.60. The van der Waals surface area contributed by atoms with Gasteiger partial charge in [-0.05, 0) is 23.3 Å². The van der Waals surface area contributed by atoms with Gasteiger partial charge in [-0.15, -0.1) is 0 Å². The average molecular weight is 390 g/mol. The van der Waals surface area contributed by atoms with Crippen molar-refractivity contribution in [2.24, 2.45) is 4.99 Å². The van der Waals surface area contributed by atoms with E-state index in [1.165, 1.54) is 0 Å². The Labute approximate surface area is 177 Å². The maximum absolute atomic E-state index is 10.2. The van der Waals surface area contributed by atoms with Crippen molar-refractivity contribution < 1.29 is 0 Å². The lowest BCUT2D eigenvalue weighted by Crippen LogP contribution is -2.07. The van der Waals surface area contributed by atoms with Gasteiger partial charge in [-0.3, -0.25) is 4.57 Å². The summed E-state index contributed by atoms with van der Waals surface area (Å²) in [5.41, 5.74) is 5.38. The maximum atomic E-state index is 10.2. The molecule has 0 atom stereocenters. The van der Waals surface area contributed by atoms with Gasteiger partial charge in [0.25, 0.3) is 0 Å². The fourth-order valence-corrected chi connectivity index (χ4v) is 3.54. The van der Waals surface area contributed by atoms with E-state index in [1.54, 1.807) is 6.34 Å². The Kier molecular flexibility index (Phi) is 5.45. The normalized spacial score (nSPS) is 10.8. The molecule has 0 aliphatic heterocycles. The lowest BCUT2D eigenvalue weighted by Gasteiger charge is -2.14. The molecule has 30 heavy (non-hydrogen) atoms. The van der Waals surface area contributed by atoms with E-state index in [0.717, 1.165) is 28.1 Å².